The molecule has 2 heterocycles. The van der Waals surface area contributed by atoms with E-state index in [4.69, 9.17) is 22.1 Å². The van der Waals surface area contributed by atoms with E-state index in [1.807, 2.05) is 31.2 Å². The summed E-state index contributed by atoms with van der Waals surface area (Å²) in [6.07, 6.45) is 11.8. The molecule has 0 saturated carbocycles. The summed E-state index contributed by atoms with van der Waals surface area (Å²) in [6, 6.07) is 12.5. The smallest absolute Gasteiger partial charge is 0.323 e. The number of hydrogen-bond acceptors (Lipinski definition) is 6. The second-order valence-electron chi connectivity index (χ2n) is 9.57. The Labute approximate surface area is 228 Å². The molecule has 4 rings (SSSR count). The molecular formula is C29H34N2O4S2. The summed E-state index contributed by atoms with van der Waals surface area (Å²) in [6.45, 7) is 4.70. The first kappa shape index (κ1) is 27.2. The summed E-state index contributed by atoms with van der Waals surface area (Å²) in [4.78, 5) is 27.2. The highest BCUT2D eigenvalue weighted by atomic mass is 32.2. The number of hydrogen-bond donors (Lipinski definition) is 1. The van der Waals surface area contributed by atoms with Gasteiger partial charge in [0.05, 0.1) is 10.9 Å². The van der Waals surface area contributed by atoms with Crippen LogP contribution in [0.2, 0.25) is 0 Å². The van der Waals surface area contributed by atoms with Gasteiger partial charge in [0.15, 0.2) is 5.75 Å². The summed E-state index contributed by atoms with van der Waals surface area (Å²) in [5.74, 6) is 0.369. The second kappa shape index (κ2) is 12.6. The number of carbonyl (C=O) groups excluding carboxylic acids is 1. The Hall–Kier alpha value is -2.84. The quantitative estimate of drug-likeness (QED) is 0.233. The Kier molecular flexibility index (Phi) is 9.27. The first-order valence-corrected chi connectivity index (χ1v) is 14.3. The number of anilines is 1. The van der Waals surface area contributed by atoms with Crippen LogP contribution in [0.3, 0.4) is 0 Å². The van der Waals surface area contributed by atoms with Gasteiger partial charge in [0.1, 0.15) is 10.9 Å². The van der Waals surface area contributed by atoms with Gasteiger partial charge >= 0.3 is 5.97 Å². The highest BCUT2D eigenvalue weighted by Crippen LogP contribution is 2.44. The van der Waals surface area contributed by atoms with E-state index < -0.39 is 11.2 Å². The minimum Gasteiger partial charge on any atom is -0.480 e. The molecule has 8 heteroatoms. The largest absolute Gasteiger partial charge is 0.480 e. The fraction of sp³-hybridized carbons (Fsp3) is 0.414. The molecular weight excluding hydrogens is 504 g/mol. The number of aliphatic carboxylic acids is 1. The van der Waals surface area contributed by atoms with E-state index in [0.717, 1.165) is 46.6 Å². The molecule has 2 aliphatic heterocycles. The number of nitrogens with zero attached hydrogens (tertiary/aromatic N) is 2. The van der Waals surface area contributed by atoms with E-state index in [1.165, 1.54) is 48.8 Å². The zero-order chi connectivity index (χ0) is 26.4. The Morgan fingerprint density at radius 3 is 2.65 bits per heavy atom. The molecule has 1 amide bonds. The average molecular weight is 539 g/mol. The maximum absolute atomic E-state index is 12.7. The Morgan fingerprint density at radius 2 is 1.86 bits per heavy atom. The topological polar surface area (TPSA) is 70.1 Å². The molecule has 0 radical (unpaired) electrons. The van der Waals surface area contributed by atoms with Gasteiger partial charge < -0.3 is 14.7 Å². The van der Waals surface area contributed by atoms with Gasteiger partial charge in [-0.05, 0) is 37.3 Å². The van der Waals surface area contributed by atoms with E-state index >= 15 is 0 Å². The van der Waals surface area contributed by atoms with Crippen molar-refractivity contribution in [1.29, 1.82) is 0 Å². The standard InChI is InChI=1S/C29H34N2O4S2/c1-3-4-5-6-7-10-17-30-23-15-14-21-11-8-9-12-22(21)27(23)35-25(30)16-13-20(2)18-24-28(34)31(19-26(32)33)29(36)37-24/h8-9,11-16,24H,3-7,10,17-19H2,1-2H3,(H,32,33). The number of unbranched alkanes of at least 4 members (excludes halogenated alkanes) is 5. The fourth-order valence-electron chi connectivity index (χ4n) is 4.71. The predicted octanol–water partition coefficient (Wildman–Crippen LogP) is 6.89. The number of benzene rings is 2. The second-order valence-corrected chi connectivity index (χ2v) is 11.4. The van der Waals surface area contributed by atoms with Crippen molar-refractivity contribution in [2.45, 2.75) is 64.0 Å². The van der Waals surface area contributed by atoms with Crippen molar-refractivity contribution in [2.24, 2.45) is 0 Å². The Morgan fingerprint density at radius 1 is 1.11 bits per heavy atom. The lowest BCUT2D eigenvalue weighted by Crippen LogP contribution is -2.35. The molecule has 2 aromatic carbocycles. The number of thiocarbonyl (C=S) groups is 1. The van der Waals surface area contributed by atoms with Gasteiger partial charge in [-0.25, -0.2) is 0 Å². The minimum absolute atomic E-state index is 0.238. The van der Waals surface area contributed by atoms with Gasteiger partial charge in [0.2, 0.25) is 11.8 Å². The van der Waals surface area contributed by atoms with Crippen LogP contribution >= 0.6 is 24.0 Å². The maximum atomic E-state index is 12.7. The van der Waals surface area contributed by atoms with E-state index in [9.17, 15) is 9.59 Å². The number of carboxylic acids is 1. The number of rotatable bonds is 12. The monoisotopic (exact) mass is 538 g/mol. The van der Waals surface area contributed by atoms with Gasteiger partial charge in [-0.2, -0.15) is 0 Å². The number of ether oxygens (including phenoxy) is 1. The third-order valence-electron chi connectivity index (χ3n) is 6.67. The average Bonchev–Trinajstić information content (AvgIpc) is 3.36. The molecule has 1 fully saturated rings. The molecule has 37 heavy (non-hydrogen) atoms. The first-order valence-electron chi connectivity index (χ1n) is 13.0. The van der Waals surface area contributed by atoms with Crippen molar-refractivity contribution >= 4 is 56.6 Å². The molecule has 1 unspecified atom stereocenters. The lowest BCUT2D eigenvalue weighted by molar-refractivity contribution is -0.141. The lowest BCUT2D eigenvalue weighted by Gasteiger charge is -2.18. The molecule has 1 N–H and O–H groups in total. The SMILES string of the molecule is CCCCCCCCN1C(=CC=C(C)CC2SC(=S)N(CC(=O)O)C2=O)Oc2c1ccc1ccccc21. The van der Waals surface area contributed by atoms with Crippen LogP contribution in [0.4, 0.5) is 5.69 Å². The molecule has 0 spiro atoms. The van der Waals surface area contributed by atoms with Gasteiger partial charge in [-0.3, -0.25) is 14.5 Å². The van der Waals surface area contributed by atoms with Crippen molar-refractivity contribution in [2.75, 3.05) is 18.0 Å². The molecule has 2 aromatic rings. The normalized spacial score (nSPS) is 18.7. The number of fused-ring (bicyclic) bond motifs is 3. The Balaban J connectivity index is 1.50. The highest BCUT2D eigenvalue weighted by molar-refractivity contribution is 8.24. The molecule has 2 aliphatic rings. The van der Waals surface area contributed by atoms with Crippen molar-refractivity contribution < 1.29 is 19.4 Å². The van der Waals surface area contributed by atoms with Crippen LogP contribution in [-0.2, 0) is 9.59 Å². The van der Waals surface area contributed by atoms with Crippen molar-refractivity contribution in [3.8, 4) is 5.75 Å². The summed E-state index contributed by atoms with van der Waals surface area (Å²) in [5.41, 5.74) is 2.09. The van der Waals surface area contributed by atoms with Crippen LogP contribution in [0, 0.1) is 0 Å². The molecule has 196 valence electrons. The number of amides is 1. The number of thioether (sulfide) groups is 1. The number of carbonyl (C=O) groups is 2. The fourth-order valence-corrected chi connectivity index (χ4v) is 6.32. The van der Waals surface area contributed by atoms with E-state index in [0.29, 0.717) is 10.7 Å². The van der Waals surface area contributed by atoms with Gasteiger partial charge in [-0.1, -0.05) is 105 Å². The third kappa shape index (κ3) is 6.54. The maximum Gasteiger partial charge on any atom is 0.323 e. The van der Waals surface area contributed by atoms with E-state index in [-0.39, 0.29) is 12.5 Å². The first-order chi connectivity index (χ1) is 17.9. The molecule has 0 aliphatic carbocycles. The van der Waals surface area contributed by atoms with Crippen LogP contribution in [0.5, 0.6) is 5.75 Å². The summed E-state index contributed by atoms with van der Waals surface area (Å²) in [5, 5.41) is 10.9. The molecule has 6 nitrogen and oxygen atoms in total. The predicted molar refractivity (Wildman–Crippen MR) is 155 cm³/mol. The van der Waals surface area contributed by atoms with E-state index in [2.05, 4.69) is 36.1 Å². The zero-order valence-corrected chi connectivity index (χ0v) is 23.1. The van der Waals surface area contributed by atoms with Crippen LogP contribution in [-0.4, -0.2) is 44.5 Å². The van der Waals surface area contributed by atoms with Gasteiger partial charge in [-0.15, -0.1) is 0 Å². The third-order valence-corrected chi connectivity index (χ3v) is 8.26. The molecule has 0 bridgehead atoms. The summed E-state index contributed by atoms with van der Waals surface area (Å²) >= 11 is 6.49. The highest BCUT2D eigenvalue weighted by Gasteiger charge is 2.37. The number of allylic oxidation sites excluding steroid dienone is 3. The van der Waals surface area contributed by atoms with Crippen LogP contribution in [0.15, 0.2) is 60.0 Å². The van der Waals surface area contributed by atoms with Crippen LogP contribution in [0.25, 0.3) is 10.8 Å². The number of carboxylic acid groups (broad SMARTS) is 1. The van der Waals surface area contributed by atoms with E-state index in [1.54, 1.807) is 0 Å². The summed E-state index contributed by atoms with van der Waals surface area (Å²) in [7, 11) is 0. The molecule has 0 aromatic heterocycles. The Bertz CT molecular complexity index is 1240. The lowest BCUT2D eigenvalue weighted by atomic mass is 10.1. The zero-order valence-electron chi connectivity index (χ0n) is 21.4. The molecule has 1 saturated heterocycles. The van der Waals surface area contributed by atoms with Crippen molar-refractivity contribution in [3.63, 3.8) is 0 Å². The summed E-state index contributed by atoms with van der Waals surface area (Å²) < 4.78 is 6.75. The van der Waals surface area contributed by atoms with Crippen LogP contribution in [0.1, 0.15) is 58.8 Å². The van der Waals surface area contributed by atoms with Crippen LogP contribution < -0.4 is 9.64 Å². The van der Waals surface area contributed by atoms with Gasteiger partial charge in [0.25, 0.3) is 0 Å². The van der Waals surface area contributed by atoms with Crippen molar-refractivity contribution in [1.82, 2.24) is 4.90 Å². The van der Waals surface area contributed by atoms with Crippen molar-refractivity contribution in [3.05, 3.63) is 60.0 Å². The molecule has 1 atom stereocenters. The minimum atomic E-state index is -1.06. The van der Waals surface area contributed by atoms with Gasteiger partial charge in [0, 0.05) is 11.9 Å².